The van der Waals surface area contributed by atoms with E-state index in [1.807, 2.05) is 6.92 Å². The molecule has 1 aliphatic heterocycles. The van der Waals surface area contributed by atoms with Crippen molar-refractivity contribution in [2.45, 2.75) is 51.5 Å². The molecule has 0 aliphatic carbocycles. The standard InChI is InChI=1S/C12H22N2O2S/c1-3-4-5-7-10-13-17(15,16)14-11-8-6-9-12(14)2/h1,12-13H,4-11H2,2H3. The lowest BCUT2D eigenvalue weighted by Crippen LogP contribution is -2.48. The minimum Gasteiger partial charge on any atom is -0.202 e. The van der Waals surface area contributed by atoms with Crippen molar-refractivity contribution in [1.82, 2.24) is 9.03 Å². The molecule has 17 heavy (non-hydrogen) atoms. The van der Waals surface area contributed by atoms with Crippen LogP contribution >= 0.6 is 0 Å². The maximum absolute atomic E-state index is 12.0. The number of rotatable bonds is 6. The van der Waals surface area contributed by atoms with Gasteiger partial charge in [-0.2, -0.15) is 12.7 Å². The number of nitrogens with one attached hydrogen (secondary N) is 1. The summed E-state index contributed by atoms with van der Waals surface area (Å²) in [5, 5.41) is 0. The van der Waals surface area contributed by atoms with Crippen LogP contribution in [0.3, 0.4) is 0 Å². The van der Waals surface area contributed by atoms with Crippen LogP contribution in [0.4, 0.5) is 0 Å². The summed E-state index contributed by atoms with van der Waals surface area (Å²) >= 11 is 0. The zero-order valence-electron chi connectivity index (χ0n) is 10.5. The fourth-order valence-electron chi connectivity index (χ4n) is 2.06. The number of hydrogen-bond acceptors (Lipinski definition) is 2. The van der Waals surface area contributed by atoms with E-state index < -0.39 is 10.2 Å². The van der Waals surface area contributed by atoms with Gasteiger partial charge in [0.2, 0.25) is 0 Å². The van der Waals surface area contributed by atoms with Crippen LogP contribution in [0.15, 0.2) is 0 Å². The molecule has 1 aliphatic rings. The van der Waals surface area contributed by atoms with Crippen LogP contribution in [0.1, 0.15) is 45.4 Å². The maximum Gasteiger partial charge on any atom is 0.279 e. The fraction of sp³-hybridized carbons (Fsp3) is 0.833. The van der Waals surface area contributed by atoms with Crippen molar-refractivity contribution < 1.29 is 8.42 Å². The van der Waals surface area contributed by atoms with Crippen molar-refractivity contribution in [3.63, 3.8) is 0 Å². The molecule has 98 valence electrons. The molecule has 0 radical (unpaired) electrons. The molecule has 0 saturated carbocycles. The normalized spacial score (nSPS) is 22.2. The Morgan fingerprint density at radius 3 is 2.82 bits per heavy atom. The van der Waals surface area contributed by atoms with Gasteiger partial charge in [0.25, 0.3) is 10.2 Å². The van der Waals surface area contributed by atoms with Gasteiger partial charge in [0.15, 0.2) is 0 Å². The van der Waals surface area contributed by atoms with Crippen molar-refractivity contribution in [1.29, 1.82) is 0 Å². The number of unbranched alkanes of at least 4 members (excludes halogenated alkanes) is 2. The van der Waals surface area contributed by atoms with Gasteiger partial charge >= 0.3 is 0 Å². The van der Waals surface area contributed by atoms with Gasteiger partial charge in [-0.25, -0.2) is 4.72 Å². The quantitative estimate of drug-likeness (QED) is 0.580. The van der Waals surface area contributed by atoms with Gasteiger partial charge in [0, 0.05) is 25.6 Å². The molecule has 0 aromatic rings. The number of piperidine rings is 1. The Bertz CT molecular complexity index is 359. The lowest BCUT2D eigenvalue weighted by atomic mass is 10.1. The highest BCUT2D eigenvalue weighted by Crippen LogP contribution is 2.18. The van der Waals surface area contributed by atoms with Gasteiger partial charge in [0.1, 0.15) is 0 Å². The molecule has 1 heterocycles. The van der Waals surface area contributed by atoms with E-state index in [0.29, 0.717) is 19.5 Å². The fourth-order valence-corrected chi connectivity index (χ4v) is 3.58. The number of nitrogens with zero attached hydrogens (tertiary/aromatic N) is 1. The molecule has 5 heteroatoms. The first-order valence-electron chi connectivity index (χ1n) is 6.28. The molecule has 0 amide bonds. The Morgan fingerprint density at radius 1 is 1.41 bits per heavy atom. The summed E-state index contributed by atoms with van der Waals surface area (Å²) in [6, 6.07) is 0.118. The minimum atomic E-state index is -3.29. The van der Waals surface area contributed by atoms with Gasteiger partial charge in [0.05, 0.1) is 0 Å². The smallest absolute Gasteiger partial charge is 0.202 e. The second-order valence-corrected chi connectivity index (χ2v) is 6.22. The molecular weight excluding hydrogens is 236 g/mol. The molecular formula is C12H22N2O2S. The second-order valence-electron chi connectivity index (χ2n) is 4.52. The summed E-state index contributed by atoms with van der Waals surface area (Å²) in [6.45, 7) is 3.09. The number of hydrogen-bond donors (Lipinski definition) is 1. The Hall–Kier alpha value is -0.570. The summed E-state index contributed by atoms with van der Waals surface area (Å²) < 4.78 is 28.2. The lowest BCUT2D eigenvalue weighted by Gasteiger charge is -2.32. The molecule has 0 spiro atoms. The monoisotopic (exact) mass is 258 g/mol. The largest absolute Gasteiger partial charge is 0.279 e. The van der Waals surface area contributed by atoms with E-state index in [-0.39, 0.29) is 6.04 Å². The van der Waals surface area contributed by atoms with Crippen molar-refractivity contribution >= 4 is 10.2 Å². The molecule has 1 unspecified atom stereocenters. The summed E-state index contributed by atoms with van der Waals surface area (Å²) in [6.07, 6.45) is 10.5. The van der Waals surface area contributed by atoms with Crippen molar-refractivity contribution in [3.8, 4) is 12.3 Å². The van der Waals surface area contributed by atoms with E-state index in [1.165, 1.54) is 0 Å². The SMILES string of the molecule is C#CCCCCNS(=O)(=O)N1CCCCC1C. The Labute approximate surface area is 105 Å². The van der Waals surface area contributed by atoms with E-state index in [0.717, 1.165) is 32.1 Å². The first-order chi connectivity index (χ1) is 8.08. The van der Waals surface area contributed by atoms with Gasteiger partial charge in [-0.15, -0.1) is 12.3 Å². The van der Waals surface area contributed by atoms with E-state index in [4.69, 9.17) is 6.42 Å². The third-order valence-corrected chi connectivity index (χ3v) is 4.81. The molecule has 0 aromatic carbocycles. The molecule has 1 rings (SSSR count). The highest BCUT2D eigenvalue weighted by molar-refractivity contribution is 7.87. The predicted octanol–water partition coefficient (Wildman–Crippen LogP) is 1.50. The average Bonchev–Trinajstić information content (AvgIpc) is 2.29. The van der Waals surface area contributed by atoms with Crippen LogP contribution in [-0.2, 0) is 10.2 Å². The summed E-state index contributed by atoms with van der Waals surface area (Å²) in [5.41, 5.74) is 0. The van der Waals surface area contributed by atoms with Crippen LogP contribution in [-0.4, -0.2) is 31.9 Å². The molecule has 1 atom stereocenters. The molecule has 1 fully saturated rings. The lowest BCUT2D eigenvalue weighted by molar-refractivity contribution is 0.265. The first kappa shape index (κ1) is 14.5. The van der Waals surface area contributed by atoms with Crippen molar-refractivity contribution in [3.05, 3.63) is 0 Å². The average molecular weight is 258 g/mol. The van der Waals surface area contributed by atoms with E-state index >= 15 is 0 Å². The molecule has 1 saturated heterocycles. The van der Waals surface area contributed by atoms with E-state index in [1.54, 1.807) is 4.31 Å². The zero-order valence-corrected chi connectivity index (χ0v) is 11.3. The van der Waals surface area contributed by atoms with Crippen LogP contribution in [0.2, 0.25) is 0 Å². The van der Waals surface area contributed by atoms with Crippen LogP contribution in [0.25, 0.3) is 0 Å². The maximum atomic E-state index is 12.0. The van der Waals surface area contributed by atoms with Crippen molar-refractivity contribution in [2.24, 2.45) is 0 Å². The van der Waals surface area contributed by atoms with Crippen LogP contribution < -0.4 is 4.72 Å². The third-order valence-electron chi connectivity index (χ3n) is 3.08. The van der Waals surface area contributed by atoms with E-state index in [9.17, 15) is 8.42 Å². The van der Waals surface area contributed by atoms with Crippen LogP contribution in [0.5, 0.6) is 0 Å². The summed E-state index contributed by atoms with van der Waals surface area (Å²) in [5.74, 6) is 2.55. The summed E-state index contributed by atoms with van der Waals surface area (Å²) in [7, 11) is -3.29. The summed E-state index contributed by atoms with van der Waals surface area (Å²) in [4.78, 5) is 0. The van der Waals surface area contributed by atoms with Gasteiger partial charge in [-0.05, 0) is 32.6 Å². The predicted molar refractivity (Wildman–Crippen MR) is 69.6 cm³/mol. The highest BCUT2D eigenvalue weighted by atomic mass is 32.2. The zero-order chi connectivity index (χ0) is 12.7. The Balaban J connectivity index is 2.37. The first-order valence-corrected chi connectivity index (χ1v) is 7.72. The molecule has 4 nitrogen and oxygen atoms in total. The molecule has 1 N–H and O–H groups in total. The second kappa shape index (κ2) is 7.00. The van der Waals surface area contributed by atoms with Crippen molar-refractivity contribution in [2.75, 3.05) is 13.1 Å². The third kappa shape index (κ3) is 4.66. The van der Waals surface area contributed by atoms with Gasteiger partial charge in [-0.3, -0.25) is 0 Å². The van der Waals surface area contributed by atoms with Crippen LogP contribution in [0, 0.1) is 12.3 Å². The van der Waals surface area contributed by atoms with E-state index in [2.05, 4.69) is 10.6 Å². The Kier molecular flexibility index (Phi) is 5.96. The molecule has 0 bridgehead atoms. The topological polar surface area (TPSA) is 49.4 Å². The minimum absolute atomic E-state index is 0.118. The number of terminal acetylenes is 1. The van der Waals surface area contributed by atoms with Gasteiger partial charge in [-0.1, -0.05) is 6.42 Å². The Morgan fingerprint density at radius 2 is 2.18 bits per heavy atom. The van der Waals surface area contributed by atoms with Gasteiger partial charge < -0.3 is 0 Å². The molecule has 0 aromatic heterocycles. The highest BCUT2D eigenvalue weighted by Gasteiger charge is 2.28.